The zero-order valence-corrected chi connectivity index (χ0v) is 13.4. The number of amides is 1. The Balaban J connectivity index is 1.81. The first-order chi connectivity index (χ1) is 12.0. The first-order valence-electron chi connectivity index (χ1n) is 7.52. The van der Waals surface area contributed by atoms with E-state index in [0.29, 0.717) is 6.54 Å². The van der Waals surface area contributed by atoms with Crippen LogP contribution in [0.15, 0.2) is 55.1 Å². The average molecular weight is 337 g/mol. The first kappa shape index (κ1) is 16.3. The number of nitrogens with zero attached hydrogens (tertiary/aromatic N) is 4. The standard InChI is InChI=1S/C17H15N5O3/c1-12-3-2-4-13(7-12)9-19-17(23)14-5-6-15(16(8-14)22(24)25)21-11-18-10-20-21/h2-8,10-11H,9H2,1H3,(H,19,23). The number of nitro groups is 1. The van der Waals surface area contributed by atoms with Crippen LogP contribution in [0, 0.1) is 17.0 Å². The van der Waals surface area contributed by atoms with E-state index in [4.69, 9.17) is 0 Å². The summed E-state index contributed by atoms with van der Waals surface area (Å²) in [6.45, 7) is 2.32. The first-order valence-corrected chi connectivity index (χ1v) is 7.52. The molecule has 3 aromatic rings. The molecule has 0 aliphatic heterocycles. The van der Waals surface area contributed by atoms with Crippen molar-refractivity contribution in [2.24, 2.45) is 0 Å². The third-order valence-electron chi connectivity index (χ3n) is 3.64. The van der Waals surface area contributed by atoms with Crippen LogP contribution in [-0.4, -0.2) is 25.6 Å². The number of carbonyl (C=O) groups excluding carboxylic acids is 1. The van der Waals surface area contributed by atoms with Crippen LogP contribution in [0.2, 0.25) is 0 Å². The molecule has 8 nitrogen and oxygen atoms in total. The molecule has 1 heterocycles. The third-order valence-corrected chi connectivity index (χ3v) is 3.64. The second-order valence-electron chi connectivity index (χ2n) is 5.47. The van der Waals surface area contributed by atoms with Crippen molar-refractivity contribution in [3.63, 3.8) is 0 Å². The van der Waals surface area contributed by atoms with Gasteiger partial charge >= 0.3 is 0 Å². The lowest BCUT2D eigenvalue weighted by atomic mass is 10.1. The summed E-state index contributed by atoms with van der Waals surface area (Å²) in [4.78, 5) is 26.9. The van der Waals surface area contributed by atoms with Gasteiger partial charge in [-0.25, -0.2) is 9.67 Å². The van der Waals surface area contributed by atoms with Crippen molar-refractivity contribution in [3.8, 4) is 5.69 Å². The topological polar surface area (TPSA) is 103 Å². The summed E-state index contributed by atoms with van der Waals surface area (Å²) >= 11 is 0. The van der Waals surface area contributed by atoms with Gasteiger partial charge in [0.1, 0.15) is 18.3 Å². The van der Waals surface area contributed by atoms with Crippen LogP contribution in [0.1, 0.15) is 21.5 Å². The molecule has 0 saturated heterocycles. The van der Waals surface area contributed by atoms with Gasteiger partial charge in [-0.15, -0.1) is 0 Å². The summed E-state index contributed by atoms with van der Waals surface area (Å²) in [7, 11) is 0. The third kappa shape index (κ3) is 3.69. The Kier molecular flexibility index (Phi) is 4.51. The minimum Gasteiger partial charge on any atom is -0.348 e. The lowest BCUT2D eigenvalue weighted by Gasteiger charge is -2.08. The number of carbonyl (C=O) groups is 1. The van der Waals surface area contributed by atoms with E-state index in [9.17, 15) is 14.9 Å². The van der Waals surface area contributed by atoms with Crippen LogP contribution < -0.4 is 5.32 Å². The number of benzene rings is 2. The lowest BCUT2D eigenvalue weighted by molar-refractivity contribution is -0.384. The van der Waals surface area contributed by atoms with E-state index in [2.05, 4.69) is 15.4 Å². The van der Waals surface area contributed by atoms with Crippen molar-refractivity contribution in [1.29, 1.82) is 0 Å². The SMILES string of the molecule is Cc1cccc(CNC(=O)c2ccc(-n3cncn3)c([N+](=O)[O-])c2)c1. The van der Waals surface area contributed by atoms with E-state index in [1.807, 2.05) is 31.2 Å². The highest BCUT2D eigenvalue weighted by atomic mass is 16.6. The molecule has 0 aliphatic carbocycles. The molecular formula is C17H15N5O3. The Hall–Kier alpha value is -3.55. The minimum atomic E-state index is -0.547. The van der Waals surface area contributed by atoms with Crippen molar-refractivity contribution >= 4 is 11.6 Å². The van der Waals surface area contributed by atoms with Gasteiger partial charge in [-0.3, -0.25) is 14.9 Å². The van der Waals surface area contributed by atoms with Gasteiger partial charge in [-0.1, -0.05) is 29.8 Å². The van der Waals surface area contributed by atoms with Gasteiger partial charge in [0.2, 0.25) is 0 Å². The molecule has 0 unspecified atom stereocenters. The Morgan fingerprint density at radius 2 is 2.12 bits per heavy atom. The van der Waals surface area contributed by atoms with Gasteiger partial charge in [0.05, 0.1) is 4.92 Å². The number of aromatic nitrogens is 3. The number of hydrogen-bond acceptors (Lipinski definition) is 5. The fourth-order valence-electron chi connectivity index (χ4n) is 2.44. The summed E-state index contributed by atoms with van der Waals surface area (Å²) in [5.41, 5.74) is 2.30. The summed E-state index contributed by atoms with van der Waals surface area (Å²) in [6.07, 6.45) is 2.64. The van der Waals surface area contributed by atoms with Crippen molar-refractivity contribution in [2.75, 3.05) is 0 Å². The molecule has 0 bridgehead atoms. The number of nitrogens with one attached hydrogen (secondary N) is 1. The summed E-state index contributed by atoms with van der Waals surface area (Å²) in [5.74, 6) is -0.380. The lowest BCUT2D eigenvalue weighted by Crippen LogP contribution is -2.23. The smallest absolute Gasteiger partial charge is 0.295 e. The molecule has 1 N–H and O–H groups in total. The van der Waals surface area contributed by atoms with E-state index >= 15 is 0 Å². The molecule has 0 fully saturated rings. The Morgan fingerprint density at radius 3 is 2.80 bits per heavy atom. The fraction of sp³-hybridized carbons (Fsp3) is 0.118. The Labute approximate surface area is 143 Å². The zero-order chi connectivity index (χ0) is 17.8. The van der Waals surface area contributed by atoms with Gasteiger partial charge in [-0.2, -0.15) is 5.10 Å². The van der Waals surface area contributed by atoms with E-state index in [1.165, 1.54) is 35.5 Å². The van der Waals surface area contributed by atoms with Gasteiger partial charge < -0.3 is 5.32 Å². The molecule has 1 aromatic heterocycles. The highest BCUT2D eigenvalue weighted by Crippen LogP contribution is 2.23. The van der Waals surface area contributed by atoms with Crippen LogP contribution in [0.25, 0.3) is 5.69 Å². The molecule has 0 spiro atoms. The van der Waals surface area contributed by atoms with Gasteiger partial charge in [-0.05, 0) is 24.6 Å². The molecule has 25 heavy (non-hydrogen) atoms. The average Bonchev–Trinajstić information content (AvgIpc) is 3.13. The van der Waals surface area contributed by atoms with Crippen LogP contribution in [-0.2, 0) is 6.54 Å². The maximum Gasteiger partial charge on any atom is 0.295 e. The van der Waals surface area contributed by atoms with Crippen LogP contribution >= 0.6 is 0 Å². The minimum absolute atomic E-state index is 0.211. The van der Waals surface area contributed by atoms with E-state index < -0.39 is 4.92 Å². The van der Waals surface area contributed by atoms with Crippen molar-refractivity contribution < 1.29 is 9.72 Å². The van der Waals surface area contributed by atoms with E-state index in [1.54, 1.807) is 0 Å². The Morgan fingerprint density at radius 1 is 1.28 bits per heavy atom. The van der Waals surface area contributed by atoms with E-state index in [0.717, 1.165) is 11.1 Å². The summed E-state index contributed by atoms with van der Waals surface area (Å²) < 4.78 is 1.28. The molecule has 0 aliphatic rings. The maximum absolute atomic E-state index is 12.3. The van der Waals surface area contributed by atoms with Crippen LogP contribution in [0.4, 0.5) is 5.69 Å². The molecule has 0 atom stereocenters. The maximum atomic E-state index is 12.3. The van der Waals surface area contributed by atoms with Crippen molar-refractivity contribution in [2.45, 2.75) is 13.5 Å². The Bertz CT molecular complexity index is 922. The normalized spacial score (nSPS) is 10.4. The highest BCUT2D eigenvalue weighted by molar-refractivity contribution is 5.95. The molecule has 1 amide bonds. The second-order valence-corrected chi connectivity index (χ2v) is 5.47. The molecule has 126 valence electrons. The van der Waals surface area contributed by atoms with E-state index in [-0.39, 0.29) is 22.8 Å². The highest BCUT2D eigenvalue weighted by Gasteiger charge is 2.19. The van der Waals surface area contributed by atoms with Crippen LogP contribution in [0.3, 0.4) is 0 Å². The predicted octanol–water partition coefficient (Wildman–Crippen LogP) is 2.41. The second kappa shape index (κ2) is 6.91. The molecule has 0 saturated carbocycles. The summed E-state index contributed by atoms with van der Waals surface area (Å²) in [6, 6.07) is 12.0. The molecule has 2 aromatic carbocycles. The summed E-state index contributed by atoms with van der Waals surface area (Å²) in [5, 5.41) is 18.0. The predicted molar refractivity (Wildman–Crippen MR) is 90.4 cm³/mol. The van der Waals surface area contributed by atoms with Crippen molar-refractivity contribution in [3.05, 3.63) is 81.9 Å². The van der Waals surface area contributed by atoms with Crippen LogP contribution in [0.5, 0.6) is 0 Å². The van der Waals surface area contributed by atoms with Crippen molar-refractivity contribution in [1.82, 2.24) is 20.1 Å². The quantitative estimate of drug-likeness (QED) is 0.569. The fourth-order valence-corrected chi connectivity index (χ4v) is 2.44. The zero-order valence-electron chi connectivity index (χ0n) is 13.4. The van der Waals surface area contributed by atoms with Gasteiger partial charge in [0.25, 0.3) is 11.6 Å². The molecule has 3 rings (SSSR count). The monoisotopic (exact) mass is 337 g/mol. The molecule has 0 radical (unpaired) electrons. The number of aryl methyl sites for hydroxylation is 1. The number of rotatable bonds is 5. The number of hydrogen-bond donors (Lipinski definition) is 1. The largest absolute Gasteiger partial charge is 0.348 e. The molecule has 8 heteroatoms. The van der Waals surface area contributed by atoms with Gasteiger partial charge in [0.15, 0.2) is 0 Å². The number of nitro benzene ring substituents is 1. The van der Waals surface area contributed by atoms with Gasteiger partial charge in [0, 0.05) is 18.2 Å². The molecular weight excluding hydrogens is 322 g/mol.